The third-order valence-corrected chi connectivity index (χ3v) is 4.09. The van der Waals surface area contributed by atoms with Crippen LogP contribution in [-0.2, 0) is 4.74 Å². The summed E-state index contributed by atoms with van der Waals surface area (Å²) >= 11 is 5.90. The zero-order chi connectivity index (χ0) is 13.0. The maximum Gasteiger partial charge on any atom is 0.0813 e. The Morgan fingerprint density at radius 1 is 1.39 bits per heavy atom. The molecule has 18 heavy (non-hydrogen) atoms. The van der Waals surface area contributed by atoms with E-state index in [1.54, 1.807) is 7.11 Å². The Hall–Kier alpha value is -0.770. The van der Waals surface area contributed by atoms with Crippen LogP contribution in [0.15, 0.2) is 24.3 Å². The minimum atomic E-state index is -0.152. The zero-order valence-corrected chi connectivity index (χ0v) is 11.5. The van der Waals surface area contributed by atoms with E-state index in [0.717, 1.165) is 23.6 Å². The van der Waals surface area contributed by atoms with Gasteiger partial charge in [-0.05, 0) is 37.1 Å². The lowest BCUT2D eigenvalue weighted by Crippen LogP contribution is -2.57. The zero-order valence-electron chi connectivity index (χ0n) is 10.8. The summed E-state index contributed by atoms with van der Waals surface area (Å²) in [6, 6.07) is 7.75. The molecule has 2 rings (SSSR count). The van der Waals surface area contributed by atoms with E-state index in [9.17, 15) is 0 Å². The highest BCUT2D eigenvalue weighted by atomic mass is 35.5. The summed E-state index contributed by atoms with van der Waals surface area (Å²) in [4.78, 5) is 0. The molecule has 1 aliphatic carbocycles. The maximum atomic E-state index is 6.01. The van der Waals surface area contributed by atoms with Crippen LogP contribution in [0.5, 0.6) is 0 Å². The monoisotopic (exact) mass is 268 g/mol. The molecule has 1 aromatic carbocycles. The van der Waals surface area contributed by atoms with E-state index < -0.39 is 0 Å². The summed E-state index contributed by atoms with van der Waals surface area (Å²) in [5.41, 5.74) is 6.91. The lowest BCUT2D eigenvalue weighted by molar-refractivity contribution is 0.0190. The number of anilines is 1. The van der Waals surface area contributed by atoms with Crippen LogP contribution in [0.4, 0.5) is 5.69 Å². The highest BCUT2D eigenvalue weighted by Crippen LogP contribution is 2.33. The van der Waals surface area contributed by atoms with E-state index in [1.165, 1.54) is 12.8 Å². The van der Waals surface area contributed by atoms with Crippen LogP contribution in [0.25, 0.3) is 0 Å². The van der Waals surface area contributed by atoms with Crippen molar-refractivity contribution in [2.24, 2.45) is 5.73 Å². The predicted octanol–water partition coefficient (Wildman–Crippen LogP) is 3.04. The minimum absolute atomic E-state index is 0.152. The maximum absolute atomic E-state index is 6.01. The molecule has 1 saturated carbocycles. The van der Waals surface area contributed by atoms with Gasteiger partial charge in [-0.2, -0.15) is 0 Å². The molecule has 0 saturated heterocycles. The van der Waals surface area contributed by atoms with E-state index in [4.69, 9.17) is 22.1 Å². The molecule has 2 atom stereocenters. The summed E-state index contributed by atoms with van der Waals surface area (Å²) in [5, 5.41) is 4.31. The SMILES string of the molecule is COC1CCCCC1(CN)Nc1ccc(Cl)cc1. The number of hydrogen-bond acceptors (Lipinski definition) is 3. The molecule has 1 fully saturated rings. The quantitative estimate of drug-likeness (QED) is 0.882. The van der Waals surface area contributed by atoms with Crippen molar-refractivity contribution >= 4 is 17.3 Å². The van der Waals surface area contributed by atoms with Crippen LogP contribution < -0.4 is 11.1 Å². The number of hydrogen-bond donors (Lipinski definition) is 2. The fraction of sp³-hybridized carbons (Fsp3) is 0.571. The standard InChI is InChI=1S/C14H21ClN2O/c1-18-13-4-2-3-9-14(13,10-16)17-12-7-5-11(15)6-8-12/h5-8,13,17H,2-4,9-10,16H2,1H3. The molecule has 1 aromatic rings. The fourth-order valence-electron chi connectivity index (χ4n) is 2.80. The van der Waals surface area contributed by atoms with Crippen LogP contribution in [0, 0.1) is 0 Å². The normalized spacial score (nSPS) is 28.1. The number of ether oxygens (including phenoxy) is 1. The van der Waals surface area contributed by atoms with Crippen LogP contribution in [0.3, 0.4) is 0 Å². The fourth-order valence-corrected chi connectivity index (χ4v) is 2.93. The van der Waals surface area contributed by atoms with E-state index >= 15 is 0 Å². The molecule has 2 unspecified atom stereocenters. The average Bonchev–Trinajstić information content (AvgIpc) is 2.42. The van der Waals surface area contributed by atoms with Gasteiger partial charge in [0.25, 0.3) is 0 Å². The smallest absolute Gasteiger partial charge is 0.0813 e. The predicted molar refractivity (Wildman–Crippen MR) is 76.1 cm³/mol. The van der Waals surface area contributed by atoms with Gasteiger partial charge in [-0.15, -0.1) is 0 Å². The van der Waals surface area contributed by atoms with Gasteiger partial charge in [-0.25, -0.2) is 0 Å². The van der Waals surface area contributed by atoms with E-state index in [0.29, 0.717) is 6.54 Å². The van der Waals surface area contributed by atoms with Crippen molar-refractivity contribution in [3.63, 3.8) is 0 Å². The number of rotatable bonds is 4. The number of nitrogens with two attached hydrogens (primary N) is 1. The molecule has 0 heterocycles. The second kappa shape index (κ2) is 5.91. The Bertz CT molecular complexity index is 382. The number of benzene rings is 1. The molecule has 0 bridgehead atoms. The molecule has 0 spiro atoms. The van der Waals surface area contributed by atoms with E-state index in [2.05, 4.69) is 5.32 Å². The molecular weight excluding hydrogens is 248 g/mol. The molecule has 0 amide bonds. The molecular formula is C14H21ClN2O. The highest BCUT2D eigenvalue weighted by Gasteiger charge is 2.39. The molecule has 100 valence electrons. The summed E-state index contributed by atoms with van der Waals surface area (Å²) in [5.74, 6) is 0. The minimum Gasteiger partial charge on any atom is -0.379 e. The number of nitrogens with one attached hydrogen (secondary N) is 1. The van der Waals surface area contributed by atoms with Crippen LogP contribution in [0.2, 0.25) is 5.02 Å². The molecule has 0 aliphatic heterocycles. The summed E-state index contributed by atoms with van der Waals surface area (Å²) in [6.45, 7) is 0.578. The molecule has 3 N–H and O–H groups in total. The first-order valence-corrected chi connectivity index (χ1v) is 6.84. The third kappa shape index (κ3) is 2.79. The average molecular weight is 269 g/mol. The van der Waals surface area contributed by atoms with Gasteiger partial charge < -0.3 is 15.8 Å². The number of methoxy groups -OCH3 is 1. The molecule has 0 aromatic heterocycles. The largest absolute Gasteiger partial charge is 0.379 e. The van der Waals surface area contributed by atoms with Gasteiger partial charge in [0.15, 0.2) is 0 Å². The molecule has 0 radical (unpaired) electrons. The highest BCUT2D eigenvalue weighted by molar-refractivity contribution is 6.30. The van der Waals surface area contributed by atoms with Crippen LogP contribution in [0.1, 0.15) is 25.7 Å². The van der Waals surface area contributed by atoms with Crippen LogP contribution in [-0.4, -0.2) is 25.3 Å². The van der Waals surface area contributed by atoms with Gasteiger partial charge in [0.05, 0.1) is 11.6 Å². The number of halogens is 1. The Morgan fingerprint density at radius 2 is 2.11 bits per heavy atom. The van der Waals surface area contributed by atoms with Gasteiger partial charge in [-0.1, -0.05) is 24.4 Å². The second-order valence-corrected chi connectivity index (χ2v) is 5.40. The first-order valence-electron chi connectivity index (χ1n) is 6.47. The van der Waals surface area contributed by atoms with E-state index in [-0.39, 0.29) is 11.6 Å². The Labute approximate surface area is 114 Å². The summed E-state index contributed by atoms with van der Waals surface area (Å²) in [7, 11) is 1.77. The molecule has 4 heteroatoms. The van der Waals surface area contributed by atoms with Crippen molar-refractivity contribution in [2.45, 2.75) is 37.3 Å². The summed E-state index contributed by atoms with van der Waals surface area (Å²) in [6.07, 6.45) is 4.69. The second-order valence-electron chi connectivity index (χ2n) is 4.96. The van der Waals surface area contributed by atoms with Crippen LogP contribution >= 0.6 is 11.6 Å². The lowest BCUT2D eigenvalue weighted by atomic mass is 9.78. The van der Waals surface area contributed by atoms with Gasteiger partial charge >= 0.3 is 0 Å². The van der Waals surface area contributed by atoms with Crippen molar-refractivity contribution in [3.8, 4) is 0 Å². The van der Waals surface area contributed by atoms with Gasteiger partial charge in [-0.3, -0.25) is 0 Å². The molecule has 3 nitrogen and oxygen atoms in total. The Balaban J connectivity index is 2.18. The van der Waals surface area contributed by atoms with Crippen molar-refractivity contribution in [3.05, 3.63) is 29.3 Å². The topological polar surface area (TPSA) is 47.3 Å². The van der Waals surface area contributed by atoms with Gasteiger partial charge in [0, 0.05) is 24.4 Å². The first-order chi connectivity index (χ1) is 8.70. The third-order valence-electron chi connectivity index (χ3n) is 3.84. The Morgan fingerprint density at radius 3 is 2.72 bits per heavy atom. The first kappa shape index (κ1) is 13.7. The van der Waals surface area contributed by atoms with Crippen molar-refractivity contribution in [2.75, 3.05) is 19.0 Å². The Kier molecular flexibility index (Phi) is 4.49. The van der Waals surface area contributed by atoms with E-state index in [1.807, 2.05) is 24.3 Å². The summed E-state index contributed by atoms with van der Waals surface area (Å²) < 4.78 is 5.63. The van der Waals surface area contributed by atoms with Crippen molar-refractivity contribution in [1.82, 2.24) is 0 Å². The van der Waals surface area contributed by atoms with Gasteiger partial charge in [0.1, 0.15) is 0 Å². The van der Waals surface area contributed by atoms with Crippen molar-refractivity contribution < 1.29 is 4.74 Å². The lowest BCUT2D eigenvalue weighted by Gasteiger charge is -2.44. The van der Waals surface area contributed by atoms with Gasteiger partial charge in [0.2, 0.25) is 0 Å². The van der Waals surface area contributed by atoms with Crippen molar-refractivity contribution in [1.29, 1.82) is 0 Å². The molecule has 1 aliphatic rings.